The number of nitrogens with zero attached hydrogens (tertiary/aromatic N) is 3. The highest BCUT2D eigenvalue weighted by Crippen LogP contribution is 2.31. The molecule has 0 fully saturated rings. The van der Waals surface area contributed by atoms with Crippen molar-refractivity contribution in [1.82, 2.24) is 14.9 Å². The number of alkyl halides is 3. The molecule has 1 heterocycles. The maximum absolute atomic E-state index is 12.7. The summed E-state index contributed by atoms with van der Waals surface area (Å²) < 4.78 is 38.1. The number of nitrogens with one attached hydrogen (secondary N) is 2. The Hall–Kier alpha value is -2.35. The zero-order valence-electron chi connectivity index (χ0n) is 12.9. The summed E-state index contributed by atoms with van der Waals surface area (Å²) in [5, 5.41) is 5.98. The average molecular weight is 325 g/mol. The van der Waals surface area contributed by atoms with Crippen LogP contribution in [0.25, 0.3) is 0 Å². The van der Waals surface area contributed by atoms with Crippen LogP contribution in [0.2, 0.25) is 0 Å². The second-order valence-corrected chi connectivity index (χ2v) is 5.22. The van der Waals surface area contributed by atoms with Gasteiger partial charge < -0.3 is 15.5 Å². The van der Waals surface area contributed by atoms with Crippen LogP contribution in [0.3, 0.4) is 0 Å². The standard InChI is InChI=1S/C15H18F3N5/c1-23(2)7-6-19-13-9-14(21-10-20-13)22-12-5-3-4-11(8-12)15(16,17)18/h3-5,8-10H,6-7H2,1-2H3,(H2,19,20,21,22). The van der Waals surface area contributed by atoms with E-state index < -0.39 is 11.7 Å². The lowest BCUT2D eigenvalue weighted by Crippen LogP contribution is -2.21. The molecule has 0 aliphatic rings. The van der Waals surface area contributed by atoms with Gasteiger partial charge in [0.05, 0.1) is 5.56 Å². The Balaban J connectivity index is 2.06. The third kappa shape index (κ3) is 5.41. The summed E-state index contributed by atoms with van der Waals surface area (Å²) in [5.74, 6) is 1.03. The third-order valence-electron chi connectivity index (χ3n) is 2.99. The molecule has 0 amide bonds. The first-order valence-electron chi connectivity index (χ1n) is 6.99. The summed E-state index contributed by atoms with van der Waals surface area (Å²) in [6, 6.07) is 6.62. The predicted molar refractivity (Wildman–Crippen MR) is 83.8 cm³/mol. The van der Waals surface area contributed by atoms with E-state index >= 15 is 0 Å². The average Bonchev–Trinajstić information content (AvgIpc) is 2.47. The quantitative estimate of drug-likeness (QED) is 0.854. The summed E-state index contributed by atoms with van der Waals surface area (Å²) >= 11 is 0. The van der Waals surface area contributed by atoms with Gasteiger partial charge in [0.1, 0.15) is 18.0 Å². The molecule has 0 bridgehead atoms. The highest BCUT2D eigenvalue weighted by atomic mass is 19.4. The number of halogens is 3. The lowest BCUT2D eigenvalue weighted by atomic mass is 10.2. The van der Waals surface area contributed by atoms with Gasteiger partial charge in [-0.05, 0) is 32.3 Å². The van der Waals surface area contributed by atoms with Crippen molar-refractivity contribution in [3.63, 3.8) is 0 Å². The first kappa shape index (κ1) is 17.0. The molecule has 124 valence electrons. The van der Waals surface area contributed by atoms with Crippen LogP contribution in [-0.2, 0) is 6.18 Å². The van der Waals surface area contributed by atoms with Crippen molar-refractivity contribution in [2.75, 3.05) is 37.8 Å². The van der Waals surface area contributed by atoms with Crippen LogP contribution < -0.4 is 10.6 Å². The fourth-order valence-corrected chi connectivity index (χ4v) is 1.85. The van der Waals surface area contributed by atoms with Crippen molar-refractivity contribution in [3.8, 4) is 0 Å². The van der Waals surface area contributed by atoms with Gasteiger partial charge in [-0.2, -0.15) is 13.2 Å². The number of rotatable bonds is 6. The molecule has 2 N–H and O–H groups in total. The van der Waals surface area contributed by atoms with E-state index in [-0.39, 0.29) is 0 Å². The molecule has 0 aliphatic heterocycles. The van der Waals surface area contributed by atoms with Gasteiger partial charge in [-0.25, -0.2) is 9.97 Å². The highest BCUT2D eigenvalue weighted by Gasteiger charge is 2.30. The van der Waals surface area contributed by atoms with E-state index in [1.165, 1.54) is 12.4 Å². The van der Waals surface area contributed by atoms with Gasteiger partial charge in [-0.15, -0.1) is 0 Å². The minimum Gasteiger partial charge on any atom is -0.369 e. The Labute approximate surface area is 132 Å². The van der Waals surface area contributed by atoms with Crippen LogP contribution in [0, 0.1) is 0 Å². The van der Waals surface area contributed by atoms with Crippen molar-refractivity contribution in [3.05, 3.63) is 42.2 Å². The SMILES string of the molecule is CN(C)CCNc1cc(Nc2cccc(C(F)(F)F)c2)ncn1. The first-order chi connectivity index (χ1) is 10.8. The van der Waals surface area contributed by atoms with E-state index in [0.717, 1.165) is 18.7 Å². The molecule has 0 atom stereocenters. The summed E-state index contributed by atoms with van der Waals surface area (Å²) in [7, 11) is 3.92. The Bertz CT molecular complexity index is 643. The van der Waals surface area contributed by atoms with Crippen molar-refractivity contribution < 1.29 is 13.2 Å². The van der Waals surface area contributed by atoms with E-state index in [9.17, 15) is 13.2 Å². The van der Waals surface area contributed by atoms with Gasteiger partial charge in [0.2, 0.25) is 0 Å². The molecule has 0 saturated heterocycles. The number of benzene rings is 1. The minimum atomic E-state index is -4.37. The molecule has 2 aromatic rings. The molecule has 2 rings (SSSR count). The molecular weight excluding hydrogens is 307 g/mol. The second-order valence-electron chi connectivity index (χ2n) is 5.22. The number of aromatic nitrogens is 2. The Kier molecular flexibility index (Phi) is 5.38. The van der Waals surface area contributed by atoms with Gasteiger partial charge >= 0.3 is 6.18 Å². The zero-order chi connectivity index (χ0) is 16.9. The molecule has 0 saturated carbocycles. The van der Waals surface area contributed by atoms with Crippen molar-refractivity contribution >= 4 is 17.3 Å². The van der Waals surface area contributed by atoms with Crippen molar-refractivity contribution in [2.24, 2.45) is 0 Å². The molecule has 0 radical (unpaired) electrons. The number of hydrogen-bond acceptors (Lipinski definition) is 5. The number of anilines is 3. The van der Waals surface area contributed by atoms with E-state index in [2.05, 4.69) is 20.6 Å². The van der Waals surface area contributed by atoms with Gasteiger partial charge in [-0.3, -0.25) is 0 Å². The molecule has 8 heteroatoms. The minimum absolute atomic E-state index is 0.317. The zero-order valence-corrected chi connectivity index (χ0v) is 12.9. The van der Waals surface area contributed by atoms with E-state index in [1.807, 2.05) is 19.0 Å². The monoisotopic (exact) mass is 325 g/mol. The normalized spacial score (nSPS) is 11.6. The lowest BCUT2D eigenvalue weighted by Gasteiger charge is -2.12. The topological polar surface area (TPSA) is 53.1 Å². The summed E-state index contributed by atoms with van der Waals surface area (Å²) in [4.78, 5) is 10.1. The fraction of sp³-hybridized carbons (Fsp3) is 0.333. The van der Waals surface area contributed by atoms with Crippen LogP contribution in [0.15, 0.2) is 36.7 Å². The van der Waals surface area contributed by atoms with Gasteiger partial charge in [0, 0.05) is 24.8 Å². The van der Waals surface area contributed by atoms with E-state index in [4.69, 9.17) is 0 Å². The van der Waals surface area contributed by atoms with E-state index in [0.29, 0.717) is 23.9 Å². The molecule has 0 unspecified atom stereocenters. The summed E-state index contributed by atoms with van der Waals surface area (Å²) in [5.41, 5.74) is -0.390. The van der Waals surface area contributed by atoms with Crippen LogP contribution in [0.1, 0.15) is 5.56 Å². The van der Waals surface area contributed by atoms with Crippen LogP contribution in [-0.4, -0.2) is 42.1 Å². The molecule has 0 aliphatic carbocycles. The Morgan fingerprint density at radius 1 is 1.09 bits per heavy atom. The molecule has 0 spiro atoms. The highest BCUT2D eigenvalue weighted by molar-refractivity contribution is 5.59. The number of hydrogen-bond donors (Lipinski definition) is 2. The maximum atomic E-state index is 12.7. The number of likely N-dealkylation sites (N-methyl/N-ethyl adjacent to an activating group) is 1. The fourth-order valence-electron chi connectivity index (χ4n) is 1.85. The van der Waals surface area contributed by atoms with Gasteiger partial charge in [0.25, 0.3) is 0 Å². The largest absolute Gasteiger partial charge is 0.416 e. The van der Waals surface area contributed by atoms with Crippen molar-refractivity contribution in [1.29, 1.82) is 0 Å². The first-order valence-corrected chi connectivity index (χ1v) is 6.99. The van der Waals surface area contributed by atoms with Crippen molar-refractivity contribution in [2.45, 2.75) is 6.18 Å². The lowest BCUT2D eigenvalue weighted by molar-refractivity contribution is -0.137. The van der Waals surface area contributed by atoms with Crippen LogP contribution in [0.4, 0.5) is 30.5 Å². The van der Waals surface area contributed by atoms with Gasteiger partial charge in [0.15, 0.2) is 0 Å². The molecular formula is C15H18F3N5. The summed E-state index contributed by atoms with van der Waals surface area (Å²) in [6.07, 6.45) is -3.02. The summed E-state index contributed by atoms with van der Waals surface area (Å²) in [6.45, 7) is 1.54. The maximum Gasteiger partial charge on any atom is 0.416 e. The third-order valence-corrected chi connectivity index (χ3v) is 2.99. The molecule has 1 aromatic carbocycles. The molecule has 5 nitrogen and oxygen atoms in total. The molecule has 23 heavy (non-hydrogen) atoms. The smallest absolute Gasteiger partial charge is 0.369 e. The Morgan fingerprint density at radius 3 is 2.52 bits per heavy atom. The molecule has 1 aromatic heterocycles. The van der Waals surface area contributed by atoms with Gasteiger partial charge in [-0.1, -0.05) is 6.07 Å². The van der Waals surface area contributed by atoms with Crippen LogP contribution in [0.5, 0.6) is 0 Å². The predicted octanol–water partition coefficient (Wildman–Crippen LogP) is 3.21. The second kappa shape index (κ2) is 7.28. The van der Waals surface area contributed by atoms with E-state index in [1.54, 1.807) is 12.1 Å². The van der Waals surface area contributed by atoms with Crippen LogP contribution >= 0.6 is 0 Å². The Morgan fingerprint density at radius 2 is 1.83 bits per heavy atom.